The zero-order chi connectivity index (χ0) is 25.0. The third-order valence-electron chi connectivity index (χ3n) is 2.98. The van der Waals surface area contributed by atoms with E-state index in [0.29, 0.717) is 32.1 Å². The van der Waals surface area contributed by atoms with Gasteiger partial charge in [0, 0.05) is 54.1 Å². The van der Waals surface area contributed by atoms with Crippen LogP contribution < -0.4 is 25.5 Å². The Morgan fingerprint density at radius 3 is 0.484 bits per heavy atom. The Morgan fingerprint density at radius 1 is 0.387 bits per heavy atom. The summed E-state index contributed by atoms with van der Waals surface area (Å²) in [5.74, 6) is 0. The average Bonchev–Trinajstić information content (AvgIpc) is 2.82. The fourth-order valence-corrected chi connectivity index (χ4v) is 0.833. The van der Waals surface area contributed by atoms with Crippen LogP contribution in [0.15, 0.2) is 0 Å². The van der Waals surface area contributed by atoms with E-state index in [4.69, 9.17) is 0 Å². The van der Waals surface area contributed by atoms with Crippen molar-refractivity contribution in [2.45, 2.75) is 98.2 Å². The standard InChI is InChI=1S/5C4H9O2.V/c5*1-3-4(5)6-2;/h5*4H,3H2,1-2H3;/q5*-1;. The molecule has 5 atom stereocenters. The third-order valence-corrected chi connectivity index (χ3v) is 2.98. The molecule has 0 heterocycles. The number of hydrogen-bond donors (Lipinski definition) is 0. The van der Waals surface area contributed by atoms with Crippen molar-refractivity contribution >= 4 is 0 Å². The average molecular weight is 497 g/mol. The van der Waals surface area contributed by atoms with Gasteiger partial charge in [0.05, 0.1) is 0 Å². The molecule has 0 aromatic carbocycles. The van der Waals surface area contributed by atoms with Crippen molar-refractivity contribution in [3.8, 4) is 0 Å². The van der Waals surface area contributed by atoms with Crippen LogP contribution in [0.3, 0.4) is 0 Å². The summed E-state index contributed by atoms with van der Waals surface area (Å²) in [7, 11) is 7.09. The smallest absolute Gasteiger partial charge is 0.0340 e. The molecule has 0 aliphatic rings. The van der Waals surface area contributed by atoms with Gasteiger partial charge in [0.1, 0.15) is 0 Å². The maximum atomic E-state index is 10.0. The first-order valence-electron chi connectivity index (χ1n) is 9.98. The van der Waals surface area contributed by atoms with Crippen molar-refractivity contribution < 1.29 is 67.8 Å². The van der Waals surface area contributed by atoms with Gasteiger partial charge >= 0.3 is 0 Å². The molecule has 10 nitrogen and oxygen atoms in total. The Morgan fingerprint density at radius 2 is 0.484 bits per heavy atom. The SMILES string of the molecule is CCC([O-])OC.CCC([O-])OC.CCC([O-])OC.CCC([O-])OC.CCC([O-])OC.[V]. The van der Waals surface area contributed by atoms with Crippen LogP contribution in [0.2, 0.25) is 0 Å². The molecule has 0 saturated heterocycles. The fourth-order valence-electron chi connectivity index (χ4n) is 0.833. The molecule has 0 aliphatic carbocycles. The quantitative estimate of drug-likeness (QED) is 0.330. The zero-order valence-electron chi connectivity index (χ0n) is 21.0. The molecule has 0 rings (SSSR count). The largest absolute Gasteiger partial charge is 0.831 e. The van der Waals surface area contributed by atoms with Crippen molar-refractivity contribution in [2.75, 3.05) is 35.5 Å². The maximum absolute atomic E-state index is 10.0. The molecule has 31 heavy (non-hydrogen) atoms. The number of hydrogen-bond acceptors (Lipinski definition) is 10. The topological polar surface area (TPSA) is 161 Å². The molecule has 5 unspecified atom stereocenters. The normalized spacial score (nSPS) is 14.0. The molecule has 195 valence electrons. The first kappa shape index (κ1) is 44.8. The van der Waals surface area contributed by atoms with Crippen molar-refractivity contribution in [3.05, 3.63) is 0 Å². The van der Waals surface area contributed by atoms with E-state index in [2.05, 4.69) is 23.7 Å². The minimum absolute atomic E-state index is 0. The summed E-state index contributed by atoms with van der Waals surface area (Å²) in [5, 5.41) is 50.2. The monoisotopic (exact) mass is 496 g/mol. The summed E-state index contributed by atoms with van der Waals surface area (Å²) in [5.41, 5.74) is 0. The van der Waals surface area contributed by atoms with Gasteiger partial charge in [-0.1, -0.05) is 34.6 Å². The van der Waals surface area contributed by atoms with Crippen LogP contribution in [0.1, 0.15) is 66.7 Å². The molecule has 11 heteroatoms. The molecule has 0 saturated carbocycles. The number of ether oxygens (including phenoxy) is 5. The van der Waals surface area contributed by atoms with Crippen LogP contribution in [-0.4, -0.2) is 67.0 Å². The Kier molecular flexibility index (Phi) is 58.6. The Labute approximate surface area is 201 Å². The van der Waals surface area contributed by atoms with Crippen molar-refractivity contribution in [2.24, 2.45) is 0 Å². The van der Waals surface area contributed by atoms with E-state index in [1.165, 1.54) is 35.5 Å². The minimum Gasteiger partial charge on any atom is -0.831 e. The van der Waals surface area contributed by atoms with Crippen molar-refractivity contribution in [3.63, 3.8) is 0 Å². The van der Waals surface area contributed by atoms with Gasteiger partial charge in [0.15, 0.2) is 0 Å². The van der Waals surface area contributed by atoms with Gasteiger partial charge in [0.25, 0.3) is 0 Å². The van der Waals surface area contributed by atoms with E-state index in [9.17, 15) is 25.5 Å². The molecule has 0 bridgehead atoms. The van der Waals surface area contributed by atoms with Crippen molar-refractivity contribution in [1.82, 2.24) is 0 Å². The van der Waals surface area contributed by atoms with E-state index in [1.807, 2.05) is 0 Å². The number of methoxy groups -OCH3 is 5. The molecule has 0 N–H and O–H groups in total. The van der Waals surface area contributed by atoms with E-state index < -0.39 is 31.5 Å². The van der Waals surface area contributed by atoms with Crippen LogP contribution in [0.25, 0.3) is 0 Å². The van der Waals surface area contributed by atoms with Crippen LogP contribution in [-0.2, 0) is 42.2 Å². The van der Waals surface area contributed by atoms with Gasteiger partial charge in [-0.3, -0.25) is 0 Å². The molecule has 0 aliphatic heterocycles. The maximum Gasteiger partial charge on any atom is 0.0340 e. The molecule has 0 fully saturated rings. The second kappa shape index (κ2) is 40.5. The molecule has 0 spiro atoms. The van der Waals surface area contributed by atoms with E-state index in [1.54, 1.807) is 34.6 Å². The van der Waals surface area contributed by atoms with E-state index in [0.717, 1.165) is 0 Å². The molecule has 1 radical (unpaired) electrons. The van der Waals surface area contributed by atoms with Crippen LogP contribution in [0.5, 0.6) is 0 Å². The number of rotatable bonds is 10. The first-order chi connectivity index (χ1) is 14.0. The Bertz CT molecular complexity index is 188. The van der Waals surface area contributed by atoms with Crippen LogP contribution in [0, 0.1) is 0 Å². The minimum atomic E-state index is -0.815. The summed E-state index contributed by atoms with van der Waals surface area (Å²) >= 11 is 0. The second-order valence-corrected chi connectivity index (χ2v) is 5.37. The van der Waals surface area contributed by atoms with Gasteiger partial charge < -0.3 is 49.2 Å². The first-order valence-corrected chi connectivity index (χ1v) is 9.98. The molecule has 0 amide bonds. The van der Waals surface area contributed by atoms with E-state index >= 15 is 0 Å². The summed E-state index contributed by atoms with van der Waals surface area (Å²) in [6, 6.07) is 0. The zero-order valence-corrected chi connectivity index (χ0v) is 22.3. The predicted octanol–water partition coefficient (Wildman–Crippen LogP) is -1.36. The molecule has 0 aromatic heterocycles. The molecule has 0 aromatic rings. The van der Waals surface area contributed by atoms with E-state index in [-0.39, 0.29) is 18.6 Å². The van der Waals surface area contributed by atoms with Gasteiger partial charge in [0.2, 0.25) is 0 Å². The Hall–Kier alpha value is 0.184. The third kappa shape index (κ3) is 58.9. The van der Waals surface area contributed by atoms with Crippen LogP contribution >= 0.6 is 0 Å². The summed E-state index contributed by atoms with van der Waals surface area (Å²) in [6.45, 7) is 8.96. The second-order valence-electron chi connectivity index (χ2n) is 5.37. The fraction of sp³-hybridized carbons (Fsp3) is 1.00. The van der Waals surface area contributed by atoms with Gasteiger partial charge in [-0.25, -0.2) is 0 Å². The van der Waals surface area contributed by atoms with Gasteiger partial charge in [-0.15, -0.1) is 0 Å². The summed E-state index contributed by atoms with van der Waals surface area (Å²) in [4.78, 5) is 0. The van der Waals surface area contributed by atoms with Gasteiger partial charge in [-0.05, 0) is 63.6 Å². The molecular weight excluding hydrogens is 451 g/mol. The van der Waals surface area contributed by atoms with Crippen molar-refractivity contribution in [1.29, 1.82) is 0 Å². The summed E-state index contributed by atoms with van der Waals surface area (Å²) in [6.07, 6.45) is -1.31. The molecular formula is C20H45O10V-5. The van der Waals surface area contributed by atoms with Gasteiger partial charge in [-0.2, -0.15) is 0 Å². The Balaban J connectivity index is -0.0000000625. The summed E-state index contributed by atoms with van der Waals surface area (Å²) < 4.78 is 21.7. The predicted molar refractivity (Wildman–Crippen MR) is 105 cm³/mol. The van der Waals surface area contributed by atoms with Crippen LogP contribution in [0.4, 0.5) is 0 Å².